The first-order valence-corrected chi connectivity index (χ1v) is 7.39. The average Bonchev–Trinajstić information content (AvgIpc) is 2.82. The molecule has 0 spiro atoms. The molecule has 1 unspecified atom stereocenters. The van der Waals surface area contributed by atoms with Crippen LogP contribution < -0.4 is 5.32 Å². The summed E-state index contributed by atoms with van der Waals surface area (Å²) in [5.41, 5.74) is 0.0826. The summed E-state index contributed by atoms with van der Waals surface area (Å²) < 4.78 is 0. The Kier molecular flexibility index (Phi) is 3.94. The second-order valence-corrected chi connectivity index (χ2v) is 6.21. The SMILES string of the molecule is CC(c1nc(CCl)cs1)N1CC(=O)NC(=O)C1(C)C. The summed E-state index contributed by atoms with van der Waals surface area (Å²) in [4.78, 5) is 29.8. The van der Waals surface area contributed by atoms with E-state index in [0.29, 0.717) is 5.88 Å². The predicted molar refractivity (Wildman–Crippen MR) is 74.0 cm³/mol. The number of amides is 2. The van der Waals surface area contributed by atoms with Gasteiger partial charge in [0, 0.05) is 5.38 Å². The standard InChI is InChI=1S/C12H16ClN3O2S/c1-7(10-14-8(4-13)6-19-10)16-5-9(17)15-11(18)12(16,2)3/h6-7H,4-5H2,1-3H3,(H,15,17,18). The first-order valence-electron chi connectivity index (χ1n) is 5.97. The molecule has 0 aromatic carbocycles. The Morgan fingerprint density at radius 3 is 2.84 bits per heavy atom. The first-order chi connectivity index (χ1) is 8.86. The number of hydrogen-bond donors (Lipinski definition) is 1. The third-order valence-electron chi connectivity index (χ3n) is 3.37. The summed E-state index contributed by atoms with van der Waals surface area (Å²) >= 11 is 7.24. The van der Waals surface area contributed by atoms with Crippen molar-refractivity contribution in [1.29, 1.82) is 0 Å². The monoisotopic (exact) mass is 301 g/mol. The van der Waals surface area contributed by atoms with Crippen LogP contribution in [0, 0.1) is 0 Å². The van der Waals surface area contributed by atoms with E-state index >= 15 is 0 Å². The molecule has 2 heterocycles. The second-order valence-electron chi connectivity index (χ2n) is 5.05. The van der Waals surface area contributed by atoms with Gasteiger partial charge >= 0.3 is 0 Å². The largest absolute Gasteiger partial charge is 0.294 e. The number of rotatable bonds is 3. The van der Waals surface area contributed by atoms with Crippen molar-refractivity contribution in [2.24, 2.45) is 0 Å². The van der Waals surface area contributed by atoms with Crippen LogP contribution in [0.25, 0.3) is 0 Å². The van der Waals surface area contributed by atoms with Crippen molar-refractivity contribution in [2.45, 2.75) is 38.2 Å². The highest BCUT2D eigenvalue weighted by molar-refractivity contribution is 7.09. The zero-order chi connectivity index (χ0) is 14.2. The van der Waals surface area contributed by atoms with Gasteiger partial charge in [0.15, 0.2) is 0 Å². The maximum absolute atomic E-state index is 11.9. The normalized spacial score (nSPS) is 21.3. The highest BCUT2D eigenvalue weighted by atomic mass is 35.5. The van der Waals surface area contributed by atoms with E-state index in [2.05, 4.69) is 10.3 Å². The lowest BCUT2D eigenvalue weighted by atomic mass is 9.96. The Balaban J connectivity index is 2.27. The molecule has 2 amide bonds. The Labute approximate surface area is 121 Å². The molecular weight excluding hydrogens is 286 g/mol. The second kappa shape index (κ2) is 5.19. The molecule has 0 radical (unpaired) electrons. The van der Waals surface area contributed by atoms with Crippen LogP contribution >= 0.6 is 22.9 Å². The van der Waals surface area contributed by atoms with Gasteiger partial charge in [-0.15, -0.1) is 22.9 Å². The average molecular weight is 302 g/mol. The number of nitrogens with zero attached hydrogens (tertiary/aromatic N) is 2. The van der Waals surface area contributed by atoms with Crippen molar-refractivity contribution >= 4 is 34.8 Å². The number of imide groups is 1. The van der Waals surface area contributed by atoms with Crippen molar-refractivity contribution in [1.82, 2.24) is 15.2 Å². The van der Waals surface area contributed by atoms with Crippen molar-refractivity contribution in [3.63, 3.8) is 0 Å². The predicted octanol–water partition coefficient (Wildman–Crippen LogP) is 1.68. The van der Waals surface area contributed by atoms with Crippen LogP contribution in [-0.4, -0.2) is 33.8 Å². The molecule has 0 saturated carbocycles. The third-order valence-corrected chi connectivity index (χ3v) is 4.71. The minimum Gasteiger partial charge on any atom is -0.294 e. The lowest BCUT2D eigenvalue weighted by molar-refractivity contribution is -0.147. The van der Waals surface area contributed by atoms with Gasteiger partial charge in [-0.05, 0) is 20.8 Å². The van der Waals surface area contributed by atoms with Crippen LogP contribution in [-0.2, 0) is 15.5 Å². The fraction of sp³-hybridized carbons (Fsp3) is 0.583. The molecule has 1 fully saturated rings. The Bertz CT molecular complexity index is 515. The molecule has 1 aliphatic heterocycles. The molecule has 1 aliphatic rings. The summed E-state index contributed by atoms with van der Waals surface area (Å²) in [6, 6.07) is -0.105. The molecule has 19 heavy (non-hydrogen) atoms. The number of aromatic nitrogens is 1. The highest BCUT2D eigenvalue weighted by Crippen LogP contribution is 2.31. The molecule has 1 N–H and O–H groups in total. The van der Waals surface area contributed by atoms with Crippen molar-refractivity contribution in [2.75, 3.05) is 6.54 Å². The number of hydrogen-bond acceptors (Lipinski definition) is 5. The minimum absolute atomic E-state index is 0.105. The van der Waals surface area contributed by atoms with Crippen molar-refractivity contribution in [3.8, 4) is 0 Å². The quantitative estimate of drug-likeness (QED) is 0.681. The number of carbonyl (C=O) groups is 2. The molecule has 1 aromatic heterocycles. The maximum Gasteiger partial charge on any atom is 0.246 e. The number of halogens is 1. The first kappa shape index (κ1) is 14.4. The number of thiazole rings is 1. The van der Waals surface area contributed by atoms with Gasteiger partial charge in [0.1, 0.15) is 5.01 Å². The van der Waals surface area contributed by atoms with Crippen LogP contribution in [0.15, 0.2) is 5.38 Å². The number of carbonyl (C=O) groups excluding carboxylic acids is 2. The van der Waals surface area contributed by atoms with Gasteiger partial charge in [0.05, 0.1) is 29.7 Å². The van der Waals surface area contributed by atoms with E-state index in [4.69, 9.17) is 11.6 Å². The Hall–Kier alpha value is -0.980. The third kappa shape index (κ3) is 2.66. The van der Waals surface area contributed by atoms with Crippen LogP contribution in [0.5, 0.6) is 0 Å². The summed E-state index contributed by atoms with van der Waals surface area (Å²) in [5, 5.41) is 5.13. The summed E-state index contributed by atoms with van der Waals surface area (Å²) in [5.74, 6) is -0.179. The summed E-state index contributed by atoms with van der Waals surface area (Å²) in [6.45, 7) is 5.75. The van der Waals surface area contributed by atoms with Gasteiger partial charge < -0.3 is 0 Å². The topological polar surface area (TPSA) is 62.3 Å². The van der Waals surface area contributed by atoms with Crippen LogP contribution in [0.4, 0.5) is 0 Å². The molecule has 1 aromatic rings. The highest BCUT2D eigenvalue weighted by Gasteiger charge is 2.43. The fourth-order valence-electron chi connectivity index (χ4n) is 2.13. The van der Waals surface area contributed by atoms with Crippen LogP contribution in [0.3, 0.4) is 0 Å². The molecule has 2 rings (SSSR count). The molecule has 7 heteroatoms. The van der Waals surface area contributed by atoms with E-state index in [0.717, 1.165) is 10.7 Å². The summed E-state index contributed by atoms with van der Waals surface area (Å²) in [7, 11) is 0. The van der Waals surface area contributed by atoms with E-state index in [1.165, 1.54) is 11.3 Å². The zero-order valence-electron chi connectivity index (χ0n) is 11.1. The maximum atomic E-state index is 11.9. The van der Waals surface area contributed by atoms with Crippen LogP contribution in [0.2, 0.25) is 0 Å². The van der Waals surface area contributed by atoms with E-state index in [-0.39, 0.29) is 24.4 Å². The van der Waals surface area contributed by atoms with Gasteiger partial charge in [-0.25, -0.2) is 4.98 Å². The van der Waals surface area contributed by atoms with Crippen molar-refractivity contribution in [3.05, 3.63) is 16.1 Å². The van der Waals surface area contributed by atoms with E-state index in [1.807, 2.05) is 17.2 Å². The van der Waals surface area contributed by atoms with E-state index < -0.39 is 5.54 Å². The molecule has 104 valence electrons. The van der Waals surface area contributed by atoms with Crippen LogP contribution in [0.1, 0.15) is 37.5 Å². The Morgan fingerprint density at radius 1 is 1.58 bits per heavy atom. The fourth-order valence-corrected chi connectivity index (χ4v) is 3.25. The van der Waals surface area contributed by atoms with Gasteiger partial charge in [-0.1, -0.05) is 0 Å². The van der Waals surface area contributed by atoms with Gasteiger partial charge in [-0.3, -0.25) is 19.8 Å². The van der Waals surface area contributed by atoms with Gasteiger partial charge in [0.25, 0.3) is 0 Å². The number of piperazine rings is 1. The molecule has 0 bridgehead atoms. The number of alkyl halides is 1. The molecule has 1 atom stereocenters. The smallest absolute Gasteiger partial charge is 0.246 e. The van der Waals surface area contributed by atoms with Gasteiger partial charge in [0.2, 0.25) is 11.8 Å². The zero-order valence-corrected chi connectivity index (χ0v) is 12.6. The lowest BCUT2D eigenvalue weighted by Gasteiger charge is -2.43. The molecule has 0 aliphatic carbocycles. The number of nitrogens with one attached hydrogen (secondary N) is 1. The Morgan fingerprint density at radius 2 is 2.26 bits per heavy atom. The molecular formula is C12H16ClN3O2S. The molecule has 5 nitrogen and oxygen atoms in total. The van der Waals surface area contributed by atoms with Gasteiger partial charge in [-0.2, -0.15) is 0 Å². The van der Waals surface area contributed by atoms with E-state index in [1.54, 1.807) is 13.8 Å². The molecule has 1 saturated heterocycles. The minimum atomic E-state index is -0.736. The lowest BCUT2D eigenvalue weighted by Crippen LogP contribution is -2.64. The van der Waals surface area contributed by atoms with Crippen molar-refractivity contribution < 1.29 is 9.59 Å². The van der Waals surface area contributed by atoms with E-state index in [9.17, 15) is 9.59 Å². The summed E-state index contributed by atoms with van der Waals surface area (Å²) in [6.07, 6.45) is 0.